The number of rotatable bonds is 2. The fourth-order valence-electron chi connectivity index (χ4n) is 2.17. The van der Waals surface area contributed by atoms with Crippen molar-refractivity contribution in [3.05, 3.63) is 5.82 Å². The summed E-state index contributed by atoms with van der Waals surface area (Å²) >= 11 is 0.771. The van der Waals surface area contributed by atoms with Gasteiger partial charge in [-0.2, -0.15) is 22.5 Å². The van der Waals surface area contributed by atoms with Gasteiger partial charge in [-0.05, 0) is 11.8 Å². The summed E-state index contributed by atoms with van der Waals surface area (Å²) < 4.78 is 40.0. The molecule has 2 heterocycles. The summed E-state index contributed by atoms with van der Waals surface area (Å²) in [6, 6.07) is 0.273. The number of alkyl halides is 3. The molecule has 88 valence electrons. The van der Waals surface area contributed by atoms with Crippen molar-refractivity contribution in [2.75, 3.05) is 18.4 Å². The molecule has 2 aliphatic rings. The highest BCUT2D eigenvalue weighted by Crippen LogP contribution is 2.44. The molecule has 2 N–H and O–H groups in total. The van der Waals surface area contributed by atoms with E-state index in [0.29, 0.717) is 11.8 Å². The third-order valence-corrected chi connectivity index (χ3v) is 3.71. The maximum Gasteiger partial charge on any atom is 0.452 e. The Balaban J connectivity index is 1.66. The van der Waals surface area contributed by atoms with E-state index in [-0.39, 0.29) is 11.2 Å². The molecule has 0 aromatic carbocycles. The Morgan fingerprint density at radius 3 is 2.56 bits per heavy atom. The summed E-state index contributed by atoms with van der Waals surface area (Å²) in [7, 11) is 0. The van der Waals surface area contributed by atoms with Gasteiger partial charge in [0.2, 0.25) is 11.0 Å². The minimum absolute atomic E-state index is 0.270. The van der Waals surface area contributed by atoms with Crippen LogP contribution in [-0.4, -0.2) is 28.5 Å². The third kappa shape index (κ3) is 1.65. The maximum atomic E-state index is 12.2. The van der Waals surface area contributed by atoms with Crippen LogP contribution in [0.3, 0.4) is 0 Å². The molecule has 1 aromatic rings. The minimum atomic E-state index is -4.45. The van der Waals surface area contributed by atoms with E-state index in [1.54, 1.807) is 0 Å². The fourth-order valence-corrected chi connectivity index (χ4v) is 2.81. The summed E-state index contributed by atoms with van der Waals surface area (Å²) in [5.74, 6) is 0.0282. The normalized spacial score (nSPS) is 32.6. The number of hydrogen-bond acceptors (Lipinski definition) is 5. The first-order valence-corrected chi connectivity index (χ1v) is 5.71. The fraction of sp³-hybridized carbons (Fsp3) is 0.750. The van der Waals surface area contributed by atoms with Crippen LogP contribution >= 0.6 is 11.5 Å². The number of aromatic nitrogens is 2. The van der Waals surface area contributed by atoms with Crippen LogP contribution in [0.15, 0.2) is 0 Å². The van der Waals surface area contributed by atoms with Crippen LogP contribution in [0.25, 0.3) is 0 Å². The van der Waals surface area contributed by atoms with Gasteiger partial charge in [-0.15, -0.1) is 0 Å². The zero-order chi connectivity index (χ0) is 11.3. The van der Waals surface area contributed by atoms with Gasteiger partial charge in [-0.25, -0.2) is 0 Å². The Morgan fingerprint density at radius 1 is 1.31 bits per heavy atom. The van der Waals surface area contributed by atoms with Gasteiger partial charge in [0.15, 0.2) is 0 Å². The van der Waals surface area contributed by atoms with Gasteiger partial charge in [0.25, 0.3) is 0 Å². The molecule has 0 spiro atoms. The second-order valence-electron chi connectivity index (χ2n) is 4.08. The molecule has 2 atom stereocenters. The number of anilines is 1. The number of nitrogens with one attached hydrogen (secondary N) is 2. The lowest BCUT2D eigenvalue weighted by molar-refractivity contribution is -0.144. The van der Waals surface area contributed by atoms with Crippen molar-refractivity contribution in [2.45, 2.75) is 12.2 Å². The van der Waals surface area contributed by atoms with Crippen molar-refractivity contribution in [1.82, 2.24) is 14.7 Å². The first kappa shape index (κ1) is 10.3. The highest BCUT2D eigenvalue weighted by Gasteiger charge is 2.53. The molecule has 2 fully saturated rings. The lowest BCUT2D eigenvalue weighted by Gasteiger charge is -2.04. The Kier molecular flexibility index (Phi) is 2.12. The van der Waals surface area contributed by atoms with Gasteiger partial charge in [-0.1, -0.05) is 0 Å². The van der Waals surface area contributed by atoms with Crippen LogP contribution in [0.5, 0.6) is 0 Å². The molecule has 1 saturated heterocycles. The van der Waals surface area contributed by atoms with Crippen molar-refractivity contribution in [1.29, 1.82) is 0 Å². The number of hydrogen-bond donors (Lipinski definition) is 2. The highest BCUT2D eigenvalue weighted by molar-refractivity contribution is 7.09. The maximum absolute atomic E-state index is 12.2. The third-order valence-electron chi connectivity index (χ3n) is 3.06. The Labute approximate surface area is 93.4 Å². The number of nitrogens with zero attached hydrogens (tertiary/aromatic N) is 2. The van der Waals surface area contributed by atoms with Crippen molar-refractivity contribution in [2.24, 2.45) is 11.8 Å². The van der Waals surface area contributed by atoms with Crippen LogP contribution in [0, 0.1) is 11.8 Å². The molecule has 0 radical (unpaired) electrons. The van der Waals surface area contributed by atoms with E-state index in [1.165, 1.54) is 0 Å². The molecule has 8 heteroatoms. The zero-order valence-electron chi connectivity index (χ0n) is 8.08. The van der Waals surface area contributed by atoms with E-state index in [1.807, 2.05) is 0 Å². The zero-order valence-corrected chi connectivity index (χ0v) is 8.90. The van der Waals surface area contributed by atoms with E-state index in [2.05, 4.69) is 20.0 Å². The monoisotopic (exact) mass is 250 g/mol. The van der Waals surface area contributed by atoms with E-state index < -0.39 is 12.0 Å². The average molecular weight is 250 g/mol. The molecule has 16 heavy (non-hydrogen) atoms. The van der Waals surface area contributed by atoms with Crippen LogP contribution in [0.4, 0.5) is 18.3 Å². The largest absolute Gasteiger partial charge is 0.452 e. The second-order valence-corrected chi connectivity index (χ2v) is 4.83. The van der Waals surface area contributed by atoms with Crippen molar-refractivity contribution < 1.29 is 13.2 Å². The molecule has 1 saturated carbocycles. The van der Waals surface area contributed by atoms with Crippen molar-refractivity contribution >= 4 is 16.7 Å². The first-order valence-electron chi connectivity index (χ1n) is 4.94. The summed E-state index contributed by atoms with van der Waals surface area (Å²) in [6.07, 6.45) is -4.45. The van der Waals surface area contributed by atoms with Crippen LogP contribution in [0.1, 0.15) is 5.82 Å². The molecular formula is C8H9F3N4S. The minimum Gasteiger partial charge on any atom is -0.357 e. The summed E-state index contributed by atoms with van der Waals surface area (Å²) in [4.78, 5) is 3.44. The van der Waals surface area contributed by atoms with E-state index in [4.69, 9.17) is 0 Å². The van der Waals surface area contributed by atoms with Gasteiger partial charge >= 0.3 is 6.18 Å². The summed E-state index contributed by atoms with van der Waals surface area (Å²) in [5, 5.41) is 6.50. The van der Waals surface area contributed by atoms with Crippen LogP contribution in [0.2, 0.25) is 0 Å². The second kappa shape index (κ2) is 3.30. The topological polar surface area (TPSA) is 49.8 Å². The Bertz CT molecular complexity index is 394. The Hall–Kier alpha value is -0.890. The van der Waals surface area contributed by atoms with Gasteiger partial charge in [-0.3, -0.25) is 0 Å². The highest BCUT2D eigenvalue weighted by atomic mass is 32.1. The quantitative estimate of drug-likeness (QED) is 0.827. The van der Waals surface area contributed by atoms with Crippen molar-refractivity contribution in [3.8, 4) is 0 Å². The molecular weight excluding hydrogens is 241 g/mol. The van der Waals surface area contributed by atoms with Crippen molar-refractivity contribution in [3.63, 3.8) is 0 Å². The number of piperidine rings is 1. The smallest absolute Gasteiger partial charge is 0.357 e. The van der Waals surface area contributed by atoms with Gasteiger partial charge in [0.1, 0.15) is 0 Å². The van der Waals surface area contributed by atoms with E-state index in [0.717, 1.165) is 24.6 Å². The molecule has 1 aromatic heterocycles. The summed E-state index contributed by atoms with van der Waals surface area (Å²) in [5.41, 5.74) is 0. The summed E-state index contributed by atoms with van der Waals surface area (Å²) in [6.45, 7) is 1.88. The molecule has 0 bridgehead atoms. The predicted octanol–water partition coefficient (Wildman–Crippen LogP) is 1.19. The number of halogens is 3. The first-order chi connectivity index (χ1) is 7.55. The Morgan fingerprint density at radius 2 is 2.00 bits per heavy atom. The SMILES string of the molecule is FC(F)(F)c1nsc(NC2C3CNCC32)n1. The van der Waals surface area contributed by atoms with Crippen LogP contribution in [-0.2, 0) is 6.18 Å². The standard InChI is InChI=1S/C8H9F3N4S/c9-8(10,11)6-14-7(16-15-6)13-5-3-1-12-2-4(3)5/h3-5,12H,1-2H2,(H,13,14,15). The lowest BCUT2D eigenvalue weighted by Crippen LogP contribution is -2.21. The molecule has 1 aliphatic heterocycles. The van der Waals surface area contributed by atoms with E-state index in [9.17, 15) is 13.2 Å². The lowest BCUT2D eigenvalue weighted by atomic mass is 10.4. The average Bonchev–Trinajstić information content (AvgIpc) is 2.64. The van der Waals surface area contributed by atoms with Gasteiger partial charge in [0, 0.05) is 30.7 Å². The van der Waals surface area contributed by atoms with Crippen LogP contribution < -0.4 is 10.6 Å². The molecule has 2 unspecified atom stereocenters. The predicted molar refractivity (Wildman–Crippen MR) is 52.2 cm³/mol. The molecule has 0 amide bonds. The van der Waals surface area contributed by atoms with Gasteiger partial charge in [0.05, 0.1) is 0 Å². The molecule has 1 aliphatic carbocycles. The van der Waals surface area contributed by atoms with Gasteiger partial charge < -0.3 is 10.6 Å². The van der Waals surface area contributed by atoms with E-state index >= 15 is 0 Å². The molecule has 4 nitrogen and oxygen atoms in total. The number of fused-ring (bicyclic) bond motifs is 1. The molecule has 3 rings (SSSR count).